The average Bonchev–Trinajstić information content (AvgIpc) is 3.88. The van der Waals surface area contributed by atoms with E-state index in [4.69, 9.17) is 5.73 Å². The number of carbonyl (C=O) groups is 4. The topological polar surface area (TPSA) is 152 Å². The maximum atomic E-state index is 13.0. The van der Waals surface area contributed by atoms with Gasteiger partial charge in [-0.25, -0.2) is 9.97 Å². The Hall–Kier alpha value is -5.20. The van der Waals surface area contributed by atoms with Crippen LogP contribution < -0.4 is 11.1 Å². The molecule has 6 rings (SSSR count). The fourth-order valence-electron chi connectivity index (χ4n) is 5.67. The molecule has 0 unspecified atom stereocenters. The van der Waals surface area contributed by atoms with Gasteiger partial charge < -0.3 is 16.2 Å². The molecule has 0 saturated carbocycles. The van der Waals surface area contributed by atoms with E-state index in [1.165, 1.54) is 22.7 Å². The van der Waals surface area contributed by atoms with Gasteiger partial charge >= 0.3 is 16.5 Å². The Morgan fingerprint density at radius 2 is 0.898 bits per heavy atom. The number of aliphatic carboxylic acids is 1. The van der Waals surface area contributed by atoms with Crippen LogP contribution in [0, 0.1) is 10.8 Å². The number of amides is 1. The number of carboxylic acid groups (broad SMARTS) is 1. The highest BCUT2D eigenvalue weighted by atomic mass is 35.5. The highest BCUT2D eigenvalue weighted by Gasteiger charge is 2.40. The molecule has 0 spiro atoms. The summed E-state index contributed by atoms with van der Waals surface area (Å²) in [7, 11) is 0. The number of thiazole rings is 2. The standard InChI is InChI=1S/C20H20N2OS.C17H18O2.C3H4N2S.C2Cl2O2.4CH4/c1-20(2,18(23)22-19-21-13-14-24-19)17(15-9-5-3-6-10-15)16-11-7-4-8-12-16;1-17(2,16(18)19)15(13-9-5-3-6-10-13)14-11-7-4-8-12-14;4-3-5-1-2-6-3;3-1(5)2(4)6;;;;/h3-14,17H,1-2H3,(H,21,22,23);3-12,15H,1-2H3,(H,18,19);1-2H,(H2,4,5);;4*1H4. The van der Waals surface area contributed by atoms with Gasteiger partial charge in [-0.1, -0.05) is 165 Å². The van der Waals surface area contributed by atoms with Gasteiger partial charge in [0.15, 0.2) is 10.3 Å². The zero-order valence-corrected chi connectivity index (χ0v) is 33.8. The number of hydrogen-bond donors (Lipinski definition) is 3. The lowest BCUT2D eigenvalue weighted by Crippen LogP contribution is -2.37. The van der Waals surface area contributed by atoms with Gasteiger partial charge in [0, 0.05) is 35.0 Å². The Labute approximate surface area is 368 Å². The van der Waals surface area contributed by atoms with Crippen molar-refractivity contribution in [3.63, 3.8) is 0 Å². The van der Waals surface area contributed by atoms with Gasteiger partial charge in [-0.2, -0.15) is 0 Å². The summed E-state index contributed by atoms with van der Waals surface area (Å²) in [4.78, 5) is 51.3. The van der Waals surface area contributed by atoms with Gasteiger partial charge in [-0.15, -0.1) is 22.7 Å². The summed E-state index contributed by atoms with van der Waals surface area (Å²) in [5.41, 5.74) is 8.01. The molecule has 6 aromatic rings. The molecular weight excluding hydrogens is 824 g/mol. The van der Waals surface area contributed by atoms with Crippen molar-refractivity contribution in [1.29, 1.82) is 0 Å². The second-order valence-electron chi connectivity index (χ2n) is 13.0. The lowest BCUT2D eigenvalue weighted by atomic mass is 9.70. The van der Waals surface area contributed by atoms with Crippen LogP contribution in [0.1, 0.15) is 91.5 Å². The van der Waals surface area contributed by atoms with Crippen LogP contribution in [0.15, 0.2) is 144 Å². The van der Waals surface area contributed by atoms with Crippen LogP contribution in [0.5, 0.6) is 0 Å². The van der Waals surface area contributed by atoms with Crippen LogP contribution in [0.25, 0.3) is 0 Å². The number of nitrogens with two attached hydrogens (primary N) is 1. The smallest absolute Gasteiger partial charge is 0.310 e. The molecule has 0 radical (unpaired) electrons. The summed E-state index contributed by atoms with van der Waals surface area (Å²) >= 11 is 11.9. The Morgan fingerprint density at radius 3 is 1.14 bits per heavy atom. The van der Waals surface area contributed by atoms with E-state index in [-0.39, 0.29) is 47.4 Å². The summed E-state index contributed by atoms with van der Waals surface area (Å²) < 4.78 is 0. The quantitative estimate of drug-likeness (QED) is 0.0908. The Balaban J connectivity index is 0. The van der Waals surface area contributed by atoms with Crippen LogP contribution in [-0.2, 0) is 19.2 Å². The van der Waals surface area contributed by atoms with Crippen molar-refractivity contribution in [2.45, 2.75) is 69.2 Å². The van der Waals surface area contributed by atoms with Crippen molar-refractivity contribution in [3.8, 4) is 0 Å². The van der Waals surface area contributed by atoms with E-state index in [0.717, 1.165) is 22.3 Å². The van der Waals surface area contributed by atoms with Gasteiger partial charge in [-0.3, -0.25) is 19.2 Å². The first-order chi connectivity index (χ1) is 26.2. The van der Waals surface area contributed by atoms with Crippen molar-refractivity contribution in [3.05, 3.63) is 167 Å². The molecule has 0 aliphatic rings. The summed E-state index contributed by atoms with van der Waals surface area (Å²) in [5.74, 6) is -1.02. The highest BCUT2D eigenvalue weighted by Crippen LogP contribution is 2.42. The molecule has 0 atom stereocenters. The molecule has 0 aliphatic carbocycles. The average molecular weight is 882 g/mol. The molecule has 0 fully saturated rings. The molecule has 1 amide bonds. The molecule has 2 heterocycles. The number of carboxylic acids is 1. The van der Waals surface area contributed by atoms with E-state index >= 15 is 0 Å². The Morgan fingerprint density at radius 1 is 0.576 bits per heavy atom. The molecule has 318 valence electrons. The molecular formula is C46H58Cl2N4O5S2. The molecule has 0 saturated heterocycles. The first-order valence-corrected chi connectivity index (χ1v) is 19.4. The fraction of sp³-hybridized carbons (Fsp3) is 0.261. The predicted octanol–water partition coefficient (Wildman–Crippen LogP) is 12.7. The highest BCUT2D eigenvalue weighted by molar-refractivity contribution is 7.13. The van der Waals surface area contributed by atoms with Crippen LogP contribution in [-0.4, -0.2) is 37.4 Å². The van der Waals surface area contributed by atoms with E-state index in [2.05, 4.69) is 62.8 Å². The second-order valence-corrected chi connectivity index (χ2v) is 15.5. The first kappa shape index (κ1) is 55.9. The Kier molecular flexibility index (Phi) is 26.0. The molecule has 9 nitrogen and oxygen atoms in total. The number of hydrogen-bond acceptors (Lipinski definition) is 9. The summed E-state index contributed by atoms with van der Waals surface area (Å²) in [6.07, 6.45) is 3.37. The van der Waals surface area contributed by atoms with E-state index < -0.39 is 27.3 Å². The molecule has 2 aromatic heterocycles. The minimum atomic E-state index is -1.14. The number of rotatable bonds is 10. The minimum absolute atomic E-state index is 0. The summed E-state index contributed by atoms with van der Waals surface area (Å²) in [6, 6.07) is 40.0. The van der Waals surface area contributed by atoms with E-state index in [1.807, 2.05) is 122 Å². The summed E-state index contributed by atoms with van der Waals surface area (Å²) in [5, 5.41) is 15.2. The second kappa shape index (κ2) is 27.5. The number of aromatic nitrogens is 2. The van der Waals surface area contributed by atoms with Crippen molar-refractivity contribution >= 4 is 78.5 Å². The van der Waals surface area contributed by atoms with Crippen LogP contribution in [0.2, 0.25) is 0 Å². The van der Waals surface area contributed by atoms with E-state index in [0.29, 0.717) is 10.3 Å². The number of halogens is 2. The zero-order valence-electron chi connectivity index (χ0n) is 30.6. The minimum Gasteiger partial charge on any atom is -0.481 e. The maximum absolute atomic E-state index is 13.0. The molecule has 59 heavy (non-hydrogen) atoms. The van der Waals surface area contributed by atoms with Gasteiger partial charge in [-0.05, 0) is 59.3 Å². The lowest BCUT2D eigenvalue weighted by molar-refractivity contribution is -0.147. The van der Waals surface area contributed by atoms with Gasteiger partial charge in [0.1, 0.15) is 0 Å². The molecule has 0 bridgehead atoms. The van der Waals surface area contributed by atoms with Crippen LogP contribution >= 0.6 is 45.9 Å². The third-order valence-electron chi connectivity index (χ3n) is 8.37. The normalized spacial score (nSPS) is 10.0. The maximum Gasteiger partial charge on any atom is 0.310 e. The zero-order chi connectivity index (χ0) is 40.4. The van der Waals surface area contributed by atoms with E-state index in [9.17, 15) is 24.3 Å². The van der Waals surface area contributed by atoms with Gasteiger partial charge in [0.2, 0.25) is 5.91 Å². The molecule has 4 aromatic carbocycles. The molecule has 0 aliphatic heterocycles. The van der Waals surface area contributed by atoms with Crippen LogP contribution in [0.4, 0.5) is 10.3 Å². The van der Waals surface area contributed by atoms with Crippen molar-refractivity contribution < 1.29 is 24.3 Å². The largest absolute Gasteiger partial charge is 0.481 e. The number of nitrogen functional groups attached to an aromatic ring is 1. The Bertz CT molecular complexity index is 1960. The number of anilines is 2. The van der Waals surface area contributed by atoms with Crippen LogP contribution in [0.3, 0.4) is 0 Å². The SMILES string of the molecule is C.C.C.C.CC(C)(C(=O)Nc1nccs1)C(c1ccccc1)c1ccccc1.CC(C)(C(=O)O)C(c1ccccc1)c1ccccc1.Nc1nccs1.O=C(Cl)C(=O)Cl. The number of nitrogens with one attached hydrogen (secondary N) is 1. The van der Waals surface area contributed by atoms with Gasteiger partial charge in [0.05, 0.1) is 10.8 Å². The van der Waals surface area contributed by atoms with Crippen molar-refractivity contribution in [2.75, 3.05) is 11.1 Å². The third-order valence-corrected chi connectivity index (χ3v) is 10.1. The van der Waals surface area contributed by atoms with Gasteiger partial charge in [0.25, 0.3) is 0 Å². The predicted molar refractivity (Wildman–Crippen MR) is 251 cm³/mol. The monoisotopic (exact) mass is 880 g/mol. The lowest BCUT2D eigenvalue weighted by Gasteiger charge is -2.33. The van der Waals surface area contributed by atoms with Crippen molar-refractivity contribution in [1.82, 2.24) is 9.97 Å². The number of carbonyl (C=O) groups excluding carboxylic acids is 3. The number of nitrogens with zero attached hydrogens (tertiary/aromatic N) is 2. The fourth-order valence-corrected chi connectivity index (χ4v) is 6.57. The van der Waals surface area contributed by atoms with Crippen molar-refractivity contribution in [2.24, 2.45) is 10.8 Å². The van der Waals surface area contributed by atoms with E-state index in [1.54, 1.807) is 26.2 Å². The first-order valence-electron chi connectivity index (χ1n) is 16.8. The summed E-state index contributed by atoms with van der Waals surface area (Å²) in [6.45, 7) is 7.53. The molecule has 4 N–H and O–H groups in total. The number of benzene rings is 4. The third kappa shape index (κ3) is 17.3. The molecule has 13 heteroatoms.